The zero-order valence-electron chi connectivity index (χ0n) is 11.2. The number of urea groups is 1. The number of furan rings is 1. The number of carbonyl (C=O) groups is 2. The first-order valence-corrected chi connectivity index (χ1v) is 6.46. The maximum atomic E-state index is 12.0. The Morgan fingerprint density at radius 2 is 2.21 bits per heavy atom. The summed E-state index contributed by atoms with van der Waals surface area (Å²) in [5.74, 6) is 1.13. The van der Waals surface area contributed by atoms with Crippen LogP contribution in [0.15, 0.2) is 16.5 Å². The van der Waals surface area contributed by atoms with E-state index in [0.717, 1.165) is 12.2 Å². The largest absolute Gasteiger partial charge is 0.465 e. The molecule has 3 amide bonds. The minimum atomic E-state index is -0.497. The van der Waals surface area contributed by atoms with Crippen LogP contribution < -0.4 is 11.1 Å². The van der Waals surface area contributed by atoms with Gasteiger partial charge in [0.25, 0.3) is 5.91 Å². The fourth-order valence-corrected chi connectivity index (χ4v) is 2.17. The second kappa shape index (κ2) is 5.44. The molecule has 1 aliphatic heterocycles. The SMILES string of the molecule is CCCC1NC(=O)N(CC(N)c2ccc(C)o2)C1=O. The molecule has 2 atom stereocenters. The minimum Gasteiger partial charge on any atom is -0.465 e. The third-order valence-electron chi connectivity index (χ3n) is 3.19. The molecule has 1 fully saturated rings. The highest BCUT2D eigenvalue weighted by molar-refractivity contribution is 6.04. The number of nitrogens with one attached hydrogen (secondary N) is 1. The summed E-state index contributed by atoms with van der Waals surface area (Å²) in [6, 6.07) is 2.29. The van der Waals surface area contributed by atoms with Crippen LogP contribution in [0.5, 0.6) is 0 Å². The summed E-state index contributed by atoms with van der Waals surface area (Å²) in [7, 11) is 0. The zero-order valence-corrected chi connectivity index (χ0v) is 11.2. The highest BCUT2D eigenvalue weighted by Crippen LogP contribution is 2.18. The molecule has 1 saturated heterocycles. The van der Waals surface area contributed by atoms with Gasteiger partial charge in [-0.2, -0.15) is 0 Å². The van der Waals surface area contributed by atoms with E-state index >= 15 is 0 Å². The molecule has 3 N–H and O–H groups in total. The average molecular weight is 265 g/mol. The van der Waals surface area contributed by atoms with E-state index in [2.05, 4.69) is 5.32 Å². The Morgan fingerprint density at radius 1 is 1.47 bits per heavy atom. The molecule has 6 nitrogen and oxygen atoms in total. The first-order valence-electron chi connectivity index (χ1n) is 6.46. The summed E-state index contributed by atoms with van der Waals surface area (Å²) >= 11 is 0. The quantitative estimate of drug-likeness (QED) is 0.785. The molecule has 104 valence electrons. The fraction of sp³-hybridized carbons (Fsp3) is 0.538. The first-order chi connectivity index (χ1) is 9.02. The Bertz CT molecular complexity index is 483. The van der Waals surface area contributed by atoms with Crippen molar-refractivity contribution in [3.63, 3.8) is 0 Å². The van der Waals surface area contributed by atoms with Crippen molar-refractivity contribution in [2.45, 2.75) is 38.8 Å². The van der Waals surface area contributed by atoms with E-state index in [9.17, 15) is 9.59 Å². The van der Waals surface area contributed by atoms with Crippen molar-refractivity contribution < 1.29 is 14.0 Å². The van der Waals surface area contributed by atoms with Gasteiger partial charge in [-0.3, -0.25) is 9.69 Å². The molecule has 2 heterocycles. The molecule has 6 heteroatoms. The second-order valence-corrected chi connectivity index (χ2v) is 4.79. The highest BCUT2D eigenvalue weighted by atomic mass is 16.3. The molecule has 2 unspecified atom stereocenters. The number of hydrogen-bond acceptors (Lipinski definition) is 4. The van der Waals surface area contributed by atoms with Gasteiger partial charge in [-0.05, 0) is 25.5 Å². The van der Waals surface area contributed by atoms with Gasteiger partial charge in [0, 0.05) is 0 Å². The smallest absolute Gasteiger partial charge is 0.324 e. The number of nitrogens with zero attached hydrogens (tertiary/aromatic N) is 1. The van der Waals surface area contributed by atoms with Gasteiger partial charge in [0.1, 0.15) is 17.6 Å². The molecule has 19 heavy (non-hydrogen) atoms. The molecule has 1 aromatic rings. The third kappa shape index (κ3) is 2.78. The van der Waals surface area contributed by atoms with Crippen molar-refractivity contribution in [2.75, 3.05) is 6.54 Å². The predicted octanol–water partition coefficient (Wildman–Crippen LogP) is 1.31. The Morgan fingerprint density at radius 3 is 2.79 bits per heavy atom. The van der Waals surface area contributed by atoms with Crippen LogP contribution in [0.25, 0.3) is 0 Å². The molecular weight excluding hydrogens is 246 g/mol. The van der Waals surface area contributed by atoms with Crippen molar-refractivity contribution in [2.24, 2.45) is 5.73 Å². The van der Waals surface area contributed by atoms with E-state index in [1.54, 1.807) is 12.1 Å². The lowest BCUT2D eigenvalue weighted by atomic mass is 10.1. The van der Waals surface area contributed by atoms with Gasteiger partial charge in [-0.15, -0.1) is 0 Å². The van der Waals surface area contributed by atoms with Crippen LogP contribution in [0.1, 0.15) is 37.3 Å². The van der Waals surface area contributed by atoms with Gasteiger partial charge in [-0.25, -0.2) is 4.79 Å². The van der Waals surface area contributed by atoms with Crippen LogP contribution in [-0.4, -0.2) is 29.4 Å². The topological polar surface area (TPSA) is 88.6 Å². The van der Waals surface area contributed by atoms with Gasteiger partial charge in [0.15, 0.2) is 0 Å². The summed E-state index contributed by atoms with van der Waals surface area (Å²) in [4.78, 5) is 25.0. The molecule has 0 aromatic carbocycles. The number of imide groups is 1. The van der Waals surface area contributed by atoms with E-state index in [4.69, 9.17) is 10.2 Å². The summed E-state index contributed by atoms with van der Waals surface area (Å²) in [6.07, 6.45) is 1.49. The molecule has 0 saturated carbocycles. The van der Waals surface area contributed by atoms with Gasteiger partial charge in [-0.1, -0.05) is 13.3 Å². The van der Waals surface area contributed by atoms with E-state index in [0.29, 0.717) is 12.2 Å². The van der Waals surface area contributed by atoms with Gasteiger partial charge in [0.2, 0.25) is 0 Å². The fourth-order valence-electron chi connectivity index (χ4n) is 2.17. The minimum absolute atomic E-state index is 0.137. The Labute approximate surface area is 111 Å². The van der Waals surface area contributed by atoms with Crippen molar-refractivity contribution in [3.8, 4) is 0 Å². The summed E-state index contributed by atoms with van der Waals surface area (Å²) in [5.41, 5.74) is 5.96. The van der Waals surface area contributed by atoms with Crippen molar-refractivity contribution >= 4 is 11.9 Å². The van der Waals surface area contributed by atoms with Crippen molar-refractivity contribution in [1.82, 2.24) is 10.2 Å². The van der Waals surface area contributed by atoms with Crippen LogP contribution in [-0.2, 0) is 4.79 Å². The molecule has 1 aliphatic rings. The number of hydrogen-bond donors (Lipinski definition) is 2. The summed E-state index contributed by atoms with van der Waals surface area (Å²) in [5, 5.41) is 2.67. The lowest BCUT2D eigenvalue weighted by Crippen LogP contribution is -2.37. The van der Waals surface area contributed by atoms with Crippen LogP contribution in [0.4, 0.5) is 4.79 Å². The zero-order chi connectivity index (χ0) is 14.0. The van der Waals surface area contributed by atoms with Crippen LogP contribution in [0.2, 0.25) is 0 Å². The Kier molecular flexibility index (Phi) is 3.90. The molecule has 0 radical (unpaired) electrons. The Balaban J connectivity index is 2.02. The number of rotatable bonds is 5. The summed E-state index contributed by atoms with van der Waals surface area (Å²) in [6.45, 7) is 3.93. The number of amides is 3. The van der Waals surface area contributed by atoms with Crippen LogP contribution >= 0.6 is 0 Å². The van der Waals surface area contributed by atoms with Gasteiger partial charge < -0.3 is 15.5 Å². The first kappa shape index (κ1) is 13.6. The van der Waals surface area contributed by atoms with Gasteiger partial charge in [0.05, 0.1) is 12.6 Å². The van der Waals surface area contributed by atoms with Crippen molar-refractivity contribution in [3.05, 3.63) is 23.7 Å². The number of carbonyl (C=O) groups excluding carboxylic acids is 2. The van der Waals surface area contributed by atoms with E-state index in [1.807, 2.05) is 13.8 Å². The maximum Gasteiger partial charge on any atom is 0.324 e. The lowest BCUT2D eigenvalue weighted by Gasteiger charge is -2.16. The molecule has 1 aromatic heterocycles. The summed E-state index contributed by atoms with van der Waals surface area (Å²) < 4.78 is 5.41. The second-order valence-electron chi connectivity index (χ2n) is 4.79. The maximum absolute atomic E-state index is 12.0. The number of aryl methyl sites for hydroxylation is 1. The van der Waals surface area contributed by atoms with Crippen LogP contribution in [0.3, 0.4) is 0 Å². The lowest BCUT2D eigenvalue weighted by molar-refractivity contribution is -0.127. The monoisotopic (exact) mass is 265 g/mol. The highest BCUT2D eigenvalue weighted by Gasteiger charge is 2.38. The van der Waals surface area contributed by atoms with Crippen LogP contribution in [0, 0.1) is 6.92 Å². The van der Waals surface area contributed by atoms with Crippen molar-refractivity contribution in [1.29, 1.82) is 0 Å². The van der Waals surface area contributed by atoms with E-state index in [1.165, 1.54) is 4.90 Å². The standard InChI is InChI=1S/C13H19N3O3/c1-3-4-10-12(17)16(13(18)15-10)7-9(14)11-6-5-8(2)19-11/h5-6,9-10H,3-4,7,14H2,1-2H3,(H,15,18). The molecule has 0 bridgehead atoms. The molecule has 2 rings (SSSR count). The predicted molar refractivity (Wildman–Crippen MR) is 69.3 cm³/mol. The van der Waals surface area contributed by atoms with E-state index in [-0.39, 0.29) is 18.5 Å². The van der Waals surface area contributed by atoms with E-state index < -0.39 is 12.1 Å². The average Bonchev–Trinajstić information content (AvgIpc) is 2.90. The van der Waals surface area contributed by atoms with Gasteiger partial charge >= 0.3 is 6.03 Å². The normalized spacial score (nSPS) is 20.8. The molecule has 0 aliphatic carbocycles. The molecular formula is C13H19N3O3. The number of nitrogens with two attached hydrogens (primary N) is 1. The molecule has 0 spiro atoms. The third-order valence-corrected chi connectivity index (χ3v) is 3.19. The Hall–Kier alpha value is -1.82.